The Morgan fingerprint density at radius 1 is 1.30 bits per heavy atom. The molecule has 0 fully saturated rings. The van der Waals surface area contributed by atoms with Gasteiger partial charge in [-0.25, -0.2) is 4.98 Å². The number of nitrogens with one attached hydrogen (secondary N) is 1. The summed E-state index contributed by atoms with van der Waals surface area (Å²) in [6, 6.07) is 6.07. The molecule has 0 aliphatic carbocycles. The van der Waals surface area contributed by atoms with Crippen molar-refractivity contribution >= 4 is 12.2 Å². The number of ether oxygens (including phenoxy) is 1. The van der Waals surface area contributed by atoms with Crippen molar-refractivity contribution in [2.24, 2.45) is 0 Å². The van der Waals surface area contributed by atoms with Gasteiger partial charge in [-0.05, 0) is 44.0 Å². The monoisotopic (exact) mass is 288 g/mol. The van der Waals surface area contributed by atoms with Crippen LogP contribution < -0.4 is 4.74 Å². The first-order valence-electron chi connectivity index (χ1n) is 6.81. The van der Waals surface area contributed by atoms with Gasteiger partial charge in [0, 0.05) is 17.5 Å². The lowest BCUT2D eigenvalue weighted by atomic mass is 10.0. The molecule has 1 aromatic heterocycles. The fraction of sp³-hybridized carbons (Fsp3) is 0.375. The molecule has 0 saturated carbocycles. The molecule has 0 bridgehead atoms. The lowest BCUT2D eigenvalue weighted by Gasteiger charge is -2.12. The van der Waals surface area contributed by atoms with E-state index >= 15 is 0 Å². The van der Waals surface area contributed by atoms with Crippen molar-refractivity contribution in [1.82, 2.24) is 9.97 Å². The van der Waals surface area contributed by atoms with Gasteiger partial charge in [-0.15, -0.1) is 0 Å². The second-order valence-electron chi connectivity index (χ2n) is 4.92. The Bertz CT molecular complexity index is 677. The predicted octanol–water partition coefficient (Wildman–Crippen LogP) is 4.38. The zero-order valence-electron chi connectivity index (χ0n) is 12.4. The minimum atomic E-state index is 0.678. The van der Waals surface area contributed by atoms with Crippen LogP contribution in [0.25, 0.3) is 11.3 Å². The lowest BCUT2D eigenvalue weighted by molar-refractivity contribution is 0.414. The molecule has 0 saturated heterocycles. The molecule has 2 aromatic rings. The topological polar surface area (TPSA) is 37.9 Å². The lowest BCUT2D eigenvalue weighted by Crippen LogP contribution is -2.01. The third-order valence-electron chi connectivity index (χ3n) is 3.39. The van der Waals surface area contributed by atoms with Crippen LogP contribution in [0.1, 0.15) is 30.3 Å². The van der Waals surface area contributed by atoms with E-state index < -0.39 is 0 Å². The highest BCUT2D eigenvalue weighted by Crippen LogP contribution is 2.28. The second-order valence-corrected chi connectivity index (χ2v) is 5.31. The number of aryl methyl sites for hydroxylation is 2. The Kier molecular flexibility index (Phi) is 4.55. The number of nitrogens with zero attached hydrogens (tertiary/aromatic N) is 1. The predicted molar refractivity (Wildman–Crippen MR) is 84.9 cm³/mol. The van der Waals surface area contributed by atoms with Crippen molar-refractivity contribution in [1.29, 1.82) is 0 Å². The van der Waals surface area contributed by atoms with Crippen molar-refractivity contribution in [2.75, 3.05) is 7.11 Å². The molecule has 1 N–H and O–H groups in total. The van der Waals surface area contributed by atoms with E-state index in [1.165, 1.54) is 0 Å². The van der Waals surface area contributed by atoms with E-state index in [0.29, 0.717) is 4.64 Å². The van der Waals surface area contributed by atoms with Crippen LogP contribution in [-0.4, -0.2) is 17.1 Å². The quantitative estimate of drug-likeness (QED) is 0.848. The fourth-order valence-corrected chi connectivity index (χ4v) is 2.46. The summed E-state index contributed by atoms with van der Waals surface area (Å²) in [4.78, 5) is 7.88. The number of hydrogen-bond donors (Lipinski definition) is 1. The molecule has 0 unspecified atom stereocenters. The van der Waals surface area contributed by atoms with Gasteiger partial charge in [-0.1, -0.05) is 19.1 Å². The average Bonchev–Trinajstić information content (AvgIpc) is 2.43. The number of rotatable bonds is 4. The molecule has 2 rings (SSSR count). The summed E-state index contributed by atoms with van der Waals surface area (Å²) in [5.74, 6) is 1.82. The number of aromatic nitrogens is 2. The molecule has 20 heavy (non-hydrogen) atoms. The molecule has 1 aromatic carbocycles. The third kappa shape index (κ3) is 2.90. The van der Waals surface area contributed by atoms with Crippen LogP contribution in [-0.2, 0) is 6.42 Å². The van der Waals surface area contributed by atoms with E-state index in [-0.39, 0.29) is 0 Å². The first-order valence-corrected chi connectivity index (χ1v) is 7.22. The Hall–Kier alpha value is -1.68. The zero-order chi connectivity index (χ0) is 14.7. The largest absolute Gasteiger partial charge is 0.497 e. The Morgan fingerprint density at radius 2 is 2.05 bits per heavy atom. The number of methoxy groups -OCH3 is 1. The van der Waals surface area contributed by atoms with Crippen LogP contribution in [0.5, 0.6) is 5.75 Å². The molecule has 4 heteroatoms. The summed E-state index contributed by atoms with van der Waals surface area (Å²) in [5, 5.41) is 0. The Balaban J connectivity index is 2.59. The minimum absolute atomic E-state index is 0.678. The van der Waals surface area contributed by atoms with Gasteiger partial charge in [0.25, 0.3) is 0 Å². The molecule has 0 atom stereocenters. The van der Waals surface area contributed by atoms with E-state index in [1.54, 1.807) is 7.11 Å². The van der Waals surface area contributed by atoms with Crippen molar-refractivity contribution < 1.29 is 4.74 Å². The van der Waals surface area contributed by atoms with E-state index in [1.807, 2.05) is 19.1 Å². The van der Waals surface area contributed by atoms with Gasteiger partial charge in [0.05, 0.1) is 12.8 Å². The SMILES string of the molecule is CCCc1nc(=S)c(C)c(-c2ccc(OC)cc2C)[nH]1. The van der Waals surface area contributed by atoms with Crippen molar-refractivity contribution in [3.8, 4) is 17.0 Å². The highest BCUT2D eigenvalue weighted by molar-refractivity contribution is 7.71. The number of hydrogen-bond acceptors (Lipinski definition) is 3. The molecule has 0 amide bonds. The number of aromatic amines is 1. The van der Waals surface area contributed by atoms with Gasteiger partial charge in [-0.3, -0.25) is 0 Å². The van der Waals surface area contributed by atoms with Crippen LogP contribution in [0.4, 0.5) is 0 Å². The van der Waals surface area contributed by atoms with Crippen molar-refractivity contribution in [2.45, 2.75) is 33.6 Å². The van der Waals surface area contributed by atoms with Crippen LogP contribution in [0.2, 0.25) is 0 Å². The average molecular weight is 288 g/mol. The van der Waals surface area contributed by atoms with Gasteiger partial charge >= 0.3 is 0 Å². The number of benzene rings is 1. The highest BCUT2D eigenvalue weighted by Gasteiger charge is 2.10. The second kappa shape index (κ2) is 6.18. The number of H-pyrrole nitrogens is 1. The van der Waals surface area contributed by atoms with Crippen molar-refractivity contribution in [3.63, 3.8) is 0 Å². The van der Waals surface area contributed by atoms with E-state index in [2.05, 4.69) is 29.9 Å². The third-order valence-corrected chi connectivity index (χ3v) is 3.79. The molecule has 0 aliphatic heterocycles. The van der Waals surface area contributed by atoms with Gasteiger partial charge in [0.15, 0.2) is 0 Å². The maximum absolute atomic E-state index is 5.38. The van der Waals surface area contributed by atoms with Gasteiger partial charge in [0.2, 0.25) is 0 Å². The van der Waals surface area contributed by atoms with Crippen LogP contribution in [0, 0.1) is 18.5 Å². The summed E-state index contributed by atoms with van der Waals surface area (Å²) in [6.45, 7) is 6.23. The summed E-state index contributed by atoms with van der Waals surface area (Å²) in [7, 11) is 1.68. The zero-order valence-corrected chi connectivity index (χ0v) is 13.2. The maximum Gasteiger partial charge on any atom is 0.133 e. The molecule has 1 heterocycles. The molecular formula is C16H20N2OS. The van der Waals surface area contributed by atoms with Gasteiger partial charge in [0.1, 0.15) is 16.2 Å². The fourth-order valence-electron chi connectivity index (χ4n) is 2.25. The Labute approximate surface area is 125 Å². The van der Waals surface area contributed by atoms with Crippen LogP contribution >= 0.6 is 12.2 Å². The molecule has 0 aliphatic rings. The van der Waals surface area contributed by atoms with Gasteiger partial charge < -0.3 is 9.72 Å². The summed E-state index contributed by atoms with van der Waals surface area (Å²) >= 11 is 5.38. The first kappa shape index (κ1) is 14.7. The minimum Gasteiger partial charge on any atom is -0.497 e. The molecule has 0 radical (unpaired) electrons. The standard InChI is InChI=1S/C16H20N2OS/c1-5-6-14-17-15(11(3)16(20)18-14)13-8-7-12(19-4)9-10(13)2/h7-9H,5-6H2,1-4H3,(H,17,18,20). The summed E-state index contributed by atoms with van der Waals surface area (Å²) in [6.07, 6.45) is 1.95. The summed E-state index contributed by atoms with van der Waals surface area (Å²) < 4.78 is 5.94. The van der Waals surface area contributed by atoms with E-state index in [9.17, 15) is 0 Å². The molecule has 106 valence electrons. The van der Waals surface area contributed by atoms with Crippen molar-refractivity contribution in [3.05, 3.63) is 39.8 Å². The molecule has 3 nitrogen and oxygen atoms in total. The summed E-state index contributed by atoms with van der Waals surface area (Å²) in [5.41, 5.74) is 4.39. The Morgan fingerprint density at radius 3 is 2.65 bits per heavy atom. The molecule has 0 spiro atoms. The van der Waals surface area contributed by atoms with E-state index in [0.717, 1.165) is 46.8 Å². The van der Waals surface area contributed by atoms with Crippen LogP contribution in [0.3, 0.4) is 0 Å². The maximum atomic E-state index is 5.38. The molecular weight excluding hydrogens is 268 g/mol. The van der Waals surface area contributed by atoms with Gasteiger partial charge in [-0.2, -0.15) is 0 Å². The van der Waals surface area contributed by atoms with Crippen LogP contribution in [0.15, 0.2) is 18.2 Å². The highest BCUT2D eigenvalue weighted by atomic mass is 32.1. The normalized spacial score (nSPS) is 10.6. The van der Waals surface area contributed by atoms with E-state index in [4.69, 9.17) is 17.0 Å². The first-order chi connectivity index (χ1) is 9.56. The smallest absolute Gasteiger partial charge is 0.133 e.